The molecule has 0 radical (unpaired) electrons. The van der Waals surface area contributed by atoms with Crippen LogP contribution in [0.3, 0.4) is 0 Å². The molecule has 0 saturated heterocycles. The molecule has 0 spiro atoms. The number of carbonyl (C=O) groups excluding carboxylic acids is 2. The maximum Gasteiger partial charge on any atom is 0.573 e. The summed E-state index contributed by atoms with van der Waals surface area (Å²) in [6.07, 6.45) is -2.24. The fourth-order valence-corrected chi connectivity index (χ4v) is 6.40. The lowest BCUT2D eigenvalue weighted by molar-refractivity contribution is -0.752. The van der Waals surface area contributed by atoms with Crippen LogP contribution >= 0.6 is 0 Å². The molecular weight excluding hydrogens is 817 g/mol. The van der Waals surface area contributed by atoms with Crippen LogP contribution < -0.4 is 24.8 Å². The summed E-state index contributed by atoms with van der Waals surface area (Å²) in [6, 6.07) is 18.1. The normalized spacial score (nSPS) is 11.8. The Labute approximate surface area is 337 Å². The van der Waals surface area contributed by atoms with Crippen molar-refractivity contribution in [2.45, 2.75) is 26.2 Å². The molecule has 61 heavy (non-hydrogen) atoms. The summed E-state index contributed by atoms with van der Waals surface area (Å²) in [4.78, 5) is 44.4. The second kappa shape index (κ2) is 15.7. The number of anilines is 2. The summed E-state index contributed by atoms with van der Waals surface area (Å²) in [7, 11) is 0. The molecule has 0 fully saturated rings. The van der Waals surface area contributed by atoms with Gasteiger partial charge in [0.05, 0.1) is 35.7 Å². The molecular formula is C40H26F7N10O4+. The number of rotatable bonds is 10. The van der Waals surface area contributed by atoms with Crippen molar-refractivity contribution in [1.29, 1.82) is 0 Å². The van der Waals surface area contributed by atoms with Crippen molar-refractivity contribution in [2.24, 2.45) is 0 Å². The van der Waals surface area contributed by atoms with Gasteiger partial charge in [-0.2, -0.15) is 5.10 Å². The Morgan fingerprint density at radius 2 is 1.36 bits per heavy atom. The quantitative estimate of drug-likeness (QED) is 0.105. The summed E-state index contributed by atoms with van der Waals surface area (Å²) in [5, 5.41) is 9.32. The lowest BCUT2D eigenvalue weighted by atomic mass is 10.1. The van der Waals surface area contributed by atoms with E-state index < -0.39 is 41.9 Å². The molecule has 2 amide bonds. The Bertz CT molecular complexity index is 2990. The smallest absolute Gasteiger partial charge is 0.405 e. The summed E-state index contributed by atoms with van der Waals surface area (Å²) in [5.41, 5.74) is 0.823. The average Bonchev–Trinajstić information content (AvgIpc) is 3.79. The fraction of sp³-hybridized carbons (Fsp3) is 0.100. The number of pyridine rings is 2. The first-order valence-corrected chi connectivity index (χ1v) is 17.7. The van der Waals surface area contributed by atoms with Gasteiger partial charge >= 0.3 is 12.7 Å². The van der Waals surface area contributed by atoms with E-state index in [4.69, 9.17) is 0 Å². The maximum absolute atomic E-state index is 14.5. The highest BCUT2D eigenvalue weighted by Gasteiger charge is 2.34. The number of hydrogen-bond acceptors (Lipinski definition) is 9. The van der Waals surface area contributed by atoms with E-state index in [0.717, 1.165) is 18.3 Å². The number of hydrogen-bond donors (Lipinski definition) is 2. The molecule has 8 rings (SSSR count). The second-order valence-corrected chi connectivity index (χ2v) is 13.1. The molecule has 21 heteroatoms. The summed E-state index contributed by atoms with van der Waals surface area (Å²) < 4.78 is 106. The number of halogens is 7. The number of alkyl halides is 6. The first kappa shape index (κ1) is 39.8. The van der Waals surface area contributed by atoms with Crippen LogP contribution in [-0.2, 0) is 6.54 Å². The zero-order chi connectivity index (χ0) is 43.1. The minimum Gasteiger partial charge on any atom is -0.405 e. The molecule has 8 aromatic rings. The van der Waals surface area contributed by atoms with Gasteiger partial charge in [0.15, 0.2) is 23.6 Å². The molecule has 0 unspecified atom stereocenters. The van der Waals surface area contributed by atoms with Crippen molar-refractivity contribution in [3.63, 3.8) is 0 Å². The van der Waals surface area contributed by atoms with Crippen LogP contribution in [0.15, 0.2) is 116 Å². The van der Waals surface area contributed by atoms with Crippen LogP contribution in [0.4, 0.5) is 42.2 Å². The van der Waals surface area contributed by atoms with Crippen molar-refractivity contribution >= 4 is 34.6 Å². The molecule has 0 aliphatic heterocycles. The molecule has 0 bridgehead atoms. The Morgan fingerprint density at radius 1 is 0.738 bits per heavy atom. The molecule has 6 aromatic heterocycles. The van der Waals surface area contributed by atoms with Gasteiger partial charge in [-0.25, -0.2) is 23.9 Å². The van der Waals surface area contributed by atoms with Gasteiger partial charge in [-0.05, 0) is 61.5 Å². The predicted molar refractivity (Wildman–Crippen MR) is 201 cm³/mol. The van der Waals surface area contributed by atoms with E-state index in [1.165, 1.54) is 94.6 Å². The number of fused-ring (bicyclic) bond motifs is 2. The van der Waals surface area contributed by atoms with Gasteiger partial charge in [0, 0.05) is 34.8 Å². The molecule has 2 aromatic carbocycles. The third-order valence-corrected chi connectivity index (χ3v) is 8.87. The van der Waals surface area contributed by atoms with E-state index in [0.29, 0.717) is 11.3 Å². The second-order valence-electron chi connectivity index (χ2n) is 13.1. The highest BCUT2D eigenvalue weighted by molar-refractivity contribution is 6.08. The average molecular weight is 844 g/mol. The lowest BCUT2D eigenvalue weighted by Gasteiger charge is -2.13. The largest absolute Gasteiger partial charge is 0.573 e. The monoisotopic (exact) mass is 843 g/mol. The number of amides is 2. The Hall–Kier alpha value is -7.97. The number of para-hydroxylation sites is 2. The molecule has 0 saturated carbocycles. The summed E-state index contributed by atoms with van der Waals surface area (Å²) in [6.45, 7) is 1.68. The number of aromatic nitrogens is 8. The number of ether oxygens (including phenoxy) is 2. The van der Waals surface area contributed by atoms with Crippen molar-refractivity contribution in [3.8, 4) is 34.0 Å². The van der Waals surface area contributed by atoms with Crippen LogP contribution in [0.2, 0.25) is 0 Å². The SMILES string of the molecule is Cc1cc(C[n+]2cc(C(=O)Nc3ccncc3F)c3nc(-c4ccccc4OC(F)(F)F)ccn32)cc(NC(=O)c2cnn3ccc(-c4ccccc4OC(F)(F)F)nc23)n1. The number of aryl methyl sites for hydroxylation is 1. The van der Waals surface area contributed by atoms with Crippen molar-refractivity contribution < 1.29 is 54.5 Å². The zero-order valence-corrected chi connectivity index (χ0v) is 31.0. The van der Waals surface area contributed by atoms with E-state index in [9.17, 15) is 40.3 Å². The third-order valence-electron chi connectivity index (χ3n) is 8.87. The van der Waals surface area contributed by atoms with Gasteiger partial charge in [-0.1, -0.05) is 24.3 Å². The van der Waals surface area contributed by atoms with E-state index in [2.05, 4.69) is 45.1 Å². The minimum absolute atomic E-state index is 0.0140. The van der Waals surface area contributed by atoms with Gasteiger partial charge in [0.1, 0.15) is 22.9 Å². The van der Waals surface area contributed by atoms with Gasteiger partial charge in [-0.3, -0.25) is 14.6 Å². The molecule has 0 aliphatic rings. The van der Waals surface area contributed by atoms with Crippen LogP contribution in [0, 0.1) is 12.7 Å². The van der Waals surface area contributed by atoms with Crippen LogP contribution in [-0.4, -0.2) is 58.6 Å². The van der Waals surface area contributed by atoms with Crippen molar-refractivity contribution in [3.05, 3.63) is 144 Å². The van der Waals surface area contributed by atoms with Crippen LogP contribution in [0.5, 0.6) is 11.5 Å². The number of carbonyl (C=O) groups is 2. The van der Waals surface area contributed by atoms with Crippen molar-refractivity contribution in [2.75, 3.05) is 10.6 Å². The lowest BCUT2D eigenvalue weighted by Crippen LogP contribution is -2.39. The van der Waals surface area contributed by atoms with Gasteiger partial charge in [0.2, 0.25) is 11.8 Å². The van der Waals surface area contributed by atoms with Crippen molar-refractivity contribution in [1.82, 2.24) is 34.1 Å². The Kier molecular flexibility index (Phi) is 10.2. The van der Waals surface area contributed by atoms with Gasteiger partial charge < -0.3 is 20.1 Å². The molecule has 308 valence electrons. The van der Waals surface area contributed by atoms with Crippen LogP contribution in [0.1, 0.15) is 32.0 Å². The van der Waals surface area contributed by atoms with E-state index in [1.54, 1.807) is 23.7 Å². The Balaban J connectivity index is 1.11. The first-order valence-electron chi connectivity index (χ1n) is 17.7. The topological polar surface area (TPSA) is 154 Å². The molecule has 14 nitrogen and oxygen atoms in total. The highest BCUT2D eigenvalue weighted by atomic mass is 19.4. The predicted octanol–water partition coefficient (Wildman–Crippen LogP) is 7.59. The first-order chi connectivity index (χ1) is 29.1. The summed E-state index contributed by atoms with van der Waals surface area (Å²) in [5.74, 6) is -3.24. The maximum atomic E-state index is 14.5. The van der Waals surface area contributed by atoms with E-state index in [-0.39, 0.29) is 63.0 Å². The van der Waals surface area contributed by atoms with E-state index in [1.807, 2.05) is 0 Å². The Morgan fingerprint density at radius 3 is 2.02 bits per heavy atom. The van der Waals surface area contributed by atoms with Crippen LogP contribution in [0.25, 0.3) is 33.8 Å². The molecule has 0 aliphatic carbocycles. The summed E-state index contributed by atoms with van der Waals surface area (Å²) >= 11 is 0. The molecule has 2 N–H and O–H groups in total. The molecule has 6 heterocycles. The van der Waals surface area contributed by atoms with E-state index >= 15 is 0 Å². The van der Waals surface area contributed by atoms with Gasteiger partial charge in [-0.15, -0.1) is 35.5 Å². The zero-order valence-electron chi connectivity index (χ0n) is 31.0. The minimum atomic E-state index is -5.00. The number of benzene rings is 2. The molecule has 0 atom stereocenters. The standard InChI is InChI=1S/C40H25F7N10O4/c1-22-16-23(17-34(50-22)54-37(58)26-18-49-56-14-11-29(51-35(26)56)24-6-2-4-8-32(24)60-39(42,43)44)20-55-21-27(38(59)53-31-10-13-48-19-28(31)41)36-52-30(12-15-57(36)55)25-7-3-5-9-33(25)61-40(45,46)47/h2-19,21H,20H2,1H3,(H-,48,50,53,54,58,59)/p+1. The fourth-order valence-electron chi connectivity index (χ4n) is 6.40. The highest BCUT2D eigenvalue weighted by Crippen LogP contribution is 2.35. The number of nitrogens with zero attached hydrogens (tertiary/aromatic N) is 8. The van der Waals surface area contributed by atoms with Gasteiger partial charge in [0.25, 0.3) is 11.8 Å². The number of nitrogens with one attached hydrogen (secondary N) is 2. The third kappa shape index (κ3) is 8.75.